The first-order chi connectivity index (χ1) is 17.1. The molecular weight excluding hydrogens is 462 g/mol. The molecule has 180 valence electrons. The summed E-state index contributed by atoms with van der Waals surface area (Å²) in [5, 5.41) is 8.45. The van der Waals surface area contributed by atoms with Crippen LogP contribution in [0, 0.1) is 0 Å². The van der Waals surface area contributed by atoms with Crippen molar-refractivity contribution >= 4 is 34.4 Å². The van der Waals surface area contributed by atoms with Gasteiger partial charge in [-0.25, -0.2) is 9.67 Å². The molecule has 1 aliphatic carbocycles. The Balaban J connectivity index is 1.37. The first kappa shape index (κ1) is 23.2. The standard InChI is InChI=1S/C26H27N5O3S/c1-34-20-12-10-18(11-13-20)16-30-25(33)21-8-4-5-9-22(21)28-26(30)35-17-24(32)29-23-14-15-27-31(23)19-6-2-3-7-19/h4-5,8-15,19H,2-3,6-7,16-17H2,1H3,(H,29,32). The Hall–Kier alpha value is -3.59. The number of hydrogen-bond donors (Lipinski definition) is 1. The molecular formula is C26H27N5O3S. The number of amides is 1. The van der Waals surface area contributed by atoms with Crippen LogP contribution >= 0.6 is 11.8 Å². The Bertz CT molecular complexity index is 1390. The van der Waals surface area contributed by atoms with Crippen LogP contribution in [-0.4, -0.2) is 38.1 Å². The van der Waals surface area contributed by atoms with Crippen molar-refractivity contribution in [3.05, 3.63) is 76.7 Å². The fourth-order valence-corrected chi connectivity index (χ4v) is 5.27. The van der Waals surface area contributed by atoms with Crippen LogP contribution in [0.2, 0.25) is 0 Å². The highest BCUT2D eigenvalue weighted by molar-refractivity contribution is 7.99. The van der Waals surface area contributed by atoms with E-state index in [9.17, 15) is 9.59 Å². The van der Waals surface area contributed by atoms with Gasteiger partial charge in [-0.15, -0.1) is 0 Å². The summed E-state index contributed by atoms with van der Waals surface area (Å²) in [5.41, 5.74) is 1.43. The number of ether oxygens (including phenoxy) is 1. The number of hydrogen-bond acceptors (Lipinski definition) is 6. The SMILES string of the molecule is COc1ccc(Cn2c(SCC(=O)Nc3ccnn3C3CCCC3)nc3ccccc3c2=O)cc1. The predicted octanol–water partition coefficient (Wildman–Crippen LogP) is 4.50. The van der Waals surface area contributed by atoms with Crippen molar-refractivity contribution in [3.8, 4) is 5.75 Å². The number of thioether (sulfide) groups is 1. The Kier molecular flexibility index (Phi) is 6.85. The number of anilines is 1. The van der Waals surface area contributed by atoms with Gasteiger partial charge in [-0.05, 0) is 42.7 Å². The van der Waals surface area contributed by atoms with E-state index in [4.69, 9.17) is 9.72 Å². The summed E-state index contributed by atoms with van der Waals surface area (Å²) >= 11 is 1.26. The summed E-state index contributed by atoms with van der Waals surface area (Å²) in [6, 6.07) is 17.0. The Morgan fingerprint density at radius 1 is 1.11 bits per heavy atom. The third-order valence-electron chi connectivity index (χ3n) is 6.27. The van der Waals surface area contributed by atoms with E-state index in [-0.39, 0.29) is 17.2 Å². The van der Waals surface area contributed by atoms with Crippen LogP contribution in [0.4, 0.5) is 5.82 Å². The number of carbonyl (C=O) groups is 1. The van der Waals surface area contributed by atoms with Crippen molar-refractivity contribution in [1.29, 1.82) is 0 Å². The number of aromatic nitrogens is 4. The Morgan fingerprint density at radius 3 is 2.66 bits per heavy atom. The first-order valence-corrected chi connectivity index (χ1v) is 12.7. The second-order valence-corrected chi connectivity index (χ2v) is 9.53. The molecule has 4 aromatic rings. The molecule has 1 amide bonds. The normalized spacial score (nSPS) is 13.9. The molecule has 0 radical (unpaired) electrons. The summed E-state index contributed by atoms with van der Waals surface area (Å²) in [6.45, 7) is 0.346. The van der Waals surface area contributed by atoms with E-state index >= 15 is 0 Å². The fourth-order valence-electron chi connectivity index (χ4n) is 4.47. The zero-order valence-corrected chi connectivity index (χ0v) is 20.3. The molecule has 0 spiro atoms. The summed E-state index contributed by atoms with van der Waals surface area (Å²) in [7, 11) is 1.62. The number of fused-ring (bicyclic) bond motifs is 1. The van der Waals surface area contributed by atoms with E-state index < -0.39 is 0 Å². The van der Waals surface area contributed by atoms with Crippen LogP contribution in [0.15, 0.2) is 70.7 Å². The van der Waals surface area contributed by atoms with E-state index in [1.165, 1.54) is 24.6 Å². The van der Waals surface area contributed by atoms with Crippen molar-refractivity contribution in [2.45, 2.75) is 43.4 Å². The van der Waals surface area contributed by atoms with Gasteiger partial charge in [-0.2, -0.15) is 5.10 Å². The van der Waals surface area contributed by atoms with Gasteiger partial charge in [0, 0.05) is 6.07 Å². The summed E-state index contributed by atoms with van der Waals surface area (Å²) in [5.74, 6) is 1.43. The van der Waals surface area contributed by atoms with Crippen molar-refractivity contribution in [2.24, 2.45) is 0 Å². The lowest BCUT2D eigenvalue weighted by molar-refractivity contribution is -0.113. The van der Waals surface area contributed by atoms with Gasteiger partial charge in [0.25, 0.3) is 5.56 Å². The third-order valence-corrected chi connectivity index (χ3v) is 7.24. The topological polar surface area (TPSA) is 91.0 Å². The first-order valence-electron chi connectivity index (χ1n) is 11.7. The van der Waals surface area contributed by atoms with E-state index in [1.54, 1.807) is 23.9 Å². The number of carbonyl (C=O) groups excluding carboxylic acids is 1. The highest BCUT2D eigenvalue weighted by Crippen LogP contribution is 2.31. The minimum Gasteiger partial charge on any atom is -0.497 e. The molecule has 0 aliphatic heterocycles. The molecule has 9 heteroatoms. The number of benzene rings is 2. The molecule has 8 nitrogen and oxygen atoms in total. The quantitative estimate of drug-likeness (QED) is 0.290. The van der Waals surface area contributed by atoms with Gasteiger partial charge >= 0.3 is 0 Å². The molecule has 0 atom stereocenters. The fraction of sp³-hybridized carbons (Fsp3) is 0.308. The molecule has 2 aromatic heterocycles. The number of nitrogens with zero attached hydrogens (tertiary/aromatic N) is 4. The minimum atomic E-state index is -0.159. The van der Waals surface area contributed by atoms with Crippen molar-refractivity contribution < 1.29 is 9.53 Å². The van der Waals surface area contributed by atoms with E-state index in [0.717, 1.165) is 24.2 Å². The summed E-state index contributed by atoms with van der Waals surface area (Å²) in [4.78, 5) is 30.9. The lowest BCUT2D eigenvalue weighted by atomic mass is 10.2. The van der Waals surface area contributed by atoms with Crippen molar-refractivity contribution in [3.63, 3.8) is 0 Å². The second kappa shape index (κ2) is 10.4. The number of nitrogens with one attached hydrogen (secondary N) is 1. The molecule has 0 saturated heterocycles. The number of para-hydroxylation sites is 1. The van der Waals surface area contributed by atoms with Crippen molar-refractivity contribution in [2.75, 3.05) is 18.2 Å². The molecule has 1 fully saturated rings. The number of methoxy groups -OCH3 is 1. The van der Waals surface area contributed by atoms with E-state index in [1.807, 2.05) is 53.2 Å². The average molecular weight is 490 g/mol. The molecule has 0 unspecified atom stereocenters. The minimum absolute atomic E-state index is 0.128. The number of rotatable bonds is 8. The van der Waals surface area contributed by atoms with Crippen LogP contribution in [-0.2, 0) is 11.3 Å². The smallest absolute Gasteiger partial charge is 0.262 e. The highest BCUT2D eigenvalue weighted by Gasteiger charge is 2.21. The molecule has 1 aliphatic rings. The van der Waals surface area contributed by atoms with Crippen LogP contribution in [0.5, 0.6) is 5.75 Å². The molecule has 5 rings (SSSR count). The highest BCUT2D eigenvalue weighted by atomic mass is 32.2. The lowest BCUT2D eigenvalue weighted by Gasteiger charge is -2.15. The third kappa shape index (κ3) is 5.09. The molecule has 1 saturated carbocycles. The van der Waals surface area contributed by atoms with Crippen molar-refractivity contribution in [1.82, 2.24) is 19.3 Å². The lowest BCUT2D eigenvalue weighted by Crippen LogP contribution is -2.25. The van der Waals surface area contributed by atoms with Crippen LogP contribution in [0.3, 0.4) is 0 Å². The molecule has 0 bridgehead atoms. The van der Waals surface area contributed by atoms with Gasteiger partial charge in [0.05, 0.1) is 42.5 Å². The van der Waals surface area contributed by atoms with Crippen LogP contribution < -0.4 is 15.6 Å². The predicted molar refractivity (Wildman–Crippen MR) is 137 cm³/mol. The van der Waals surface area contributed by atoms with Gasteiger partial charge in [-0.3, -0.25) is 14.2 Å². The van der Waals surface area contributed by atoms with Gasteiger partial charge in [0.1, 0.15) is 11.6 Å². The van der Waals surface area contributed by atoms with Gasteiger partial charge < -0.3 is 10.1 Å². The van der Waals surface area contributed by atoms with Gasteiger partial charge in [0.15, 0.2) is 5.16 Å². The maximum Gasteiger partial charge on any atom is 0.262 e. The van der Waals surface area contributed by atoms with Gasteiger partial charge in [0.2, 0.25) is 5.91 Å². The van der Waals surface area contributed by atoms with Gasteiger partial charge in [-0.1, -0.05) is 48.9 Å². The maximum absolute atomic E-state index is 13.3. The van der Waals surface area contributed by atoms with E-state index in [2.05, 4.69) is 10.4 Å². The van der Waals surface area contributed by atoms with E-state index in [0.29, 0.717) is 34.5 Å². The Labute approximate surface area is 207 Å². The molecule has 35 heavy (non-hydrogen) atoms. The molecule has 1 N–H and O–H groups in total. The maximum atomic E-state index is 13.3. The second-order valence-electron chi connectivity index (χ2n) is 8.59. The zero-order valence-electron chi connectivity index (χ0n) is 19.5. The molecule has 2 heterocycles. The average Bonchev–Trinajstić information content (AvgIpc) is 3.57. The monoisotopic (exact) mass is 489 g/mol. The summed E-state index contributed by atoms with van der Waals surface area (Å²) in [6.07, 6.45) is 6.26. The molecule has 2 aromatic carbocycles. The zero-order chi connectivity index (χ0) is 24.2. The van der Waals surface area contributed by atoms with Crippen LogP contribution in [0.25, 0.3) is 10.9 Å². The Morgan fingerprint density at radius 2 is 1.89 bits per heavy atom. The largest absolute Gasteiger partial charge is 0.497 e. The van der Waals surface area contributed by atoms with Crippen LogP contribution in [0.1, 0.15) is 37.3 Å². The summed E-state index contributed by atoms with van der Waals surface area (Å²) < 4.78 is 8.79.